The lowest BCUT2D eigenvalue weighted by Gasteiger charge is -2.44. The van der Waals surface area contributed by atoms with Crippen molar-refractivity contribution in [3.05, 3.63) is 202 Å². The van der Waals surface area contributed by atoms with Gasteiger partial charge in [-0.1, -0.05) is 140 Å². The topological polar surface area (TPSA) is 12.5 Å². The van der Waals surface area contributed by atoms with Crippen LogP contribution in [-0.4, -0.2) is 6.54 Å². The summed E-state index contributed by atoms with van der Waals surface area (Å²) in [6, 6.07) is 55.9. The van der Waals surface area contributed by atoms with Crippen molar-refractivity contribution in [3.8, 4) is 16.9 Å². The second kappa shape index (κ2) is 11.1. The maximum atomic E-state index is 7.65. The summed E-state index contributed by atoms with van der Waals surface area (Å²) in [6.07, 6.45) is 8.07. The second-order valence-corrected chi connectivity index (χ2v) is 14.6. The van der Waals surface area contributed by atoms with Gasteiger partial charge in [0.2, 0.25) is 0 Å². The van der Waals surface area contributed by atoms with Gasteiger partial charge in [-0.15, -0.1) is 0 Å². The highest BCUT2D eigenvalue weighted by atomic mass is 16.5. The average Bonchev–Trinajstić information content (AvgIpc) is 3.65. The molecule has 2 aliphatic carbocycles. The number of hydrogen-bond acceptors (Lipinski definition) is 2. The quantitative estimate of drug-likeness (QED) is 0.188. The van der Waals surface area contributed by atoms with Gasteiger partial charge in [0.15, 0.2) is 5.60 Å². The molecule has 0 aromatic heterocycles. The maximum Gasteiger partial charge on any atom is 0.178 e. The number of ether oxygens (including phenoxy) is 1. The van der Waals surface area contributed by atoms with E-state index in [0.29, 0.717) is 5.92 Å². The Balaban J connectivity index is 1.14. The van der Waals surface area contributed by atoms with Gasteiger partial charge in [-0.05, 0) is 93.8 Å². The van der Waals surface area contributed by atoms with Gasteiger partial charge in [-0.3, -0.25) is 0 Å². The van der Waals surface area contributed by atoms with Crippen LogP contribution < -0.4 is 9.64 Å². The molecule has 3 unspecified atom stereocenters. The first-order valence-electron chi connectivity index (χ1n) is 18.4. The molecule has 0 fully saturated rings. The van der Waals surface area contributed by atoms with Crippen molar-refractivity contribution in [1.29, 1.82) is 0 Å². The molecule has 7 aromatic carbocycles. The number of hydrogen-bond donors (Lipinski definition) is 0. The first kappa shape index (κ1) is 28.9. The molecule has 2 heterocycles. The molecule has 0 saturated heterocycles. The summed E-state index contributed by atoms with van der Waals surface area (Å²) >= 11 is 0. The summed E-state index contributed by atoms with van der Waals surface area (Å²) in [5, 5.41) is 2.43. The highest BCUT2D eigenvalue weighted by Gasteiger charge is 2.44. The molecule has 0 spiro atoms. The van der Waals surface area contributed by atoms with E-state index in [0.717, 1.165) is 42.7 Å². The number of para-hydroxylation sites is 1. The summed E-state index contributed by atoms with van der Waals surface area (Å²) in [7, 11) is 0. The Morgan fingerprint density at radius 1 is 0.588 bits per heavy atom. The molecule has 0 radical (unpaired) electrons. The van der Waals surface area contributed by atoms with Crippen LogP contribution in [0.5, 0.6) is 5.75 Å². The zero-order chi connectivity index (χ0) is 33.5. The summed E-state index contributed by atoms with van der Waals surface area (Å²) in [4.78, 5) is 2.44. The molecule has 4 aliphatic rings. The number of benzene rings is 7. The van der Waals surface area contributed by atoms with Crippen LogP contribution >= 0.6 is 0 Å². The van der Waals surface area contributed by atoms with E-state index in [2.05, 4.69) is 169 Å². The Morgan fingerprint density at radius 2 is 1.27 bits per heavy atom. The van der Waals surface area contributed by atoms with Crippen LogP contribution in [0.3, 0.4) is 0 Å². The first-order valence-corrected chi connectivity index (χ1v) is 18.4. The van der Waals surface area contributed by atoms with E-state index in [-0.39, 0.29) is 5.92 Å². The molecule has 2 aliphatic heterocycles. The predicted octanol–water partition coefficient (Wildman–Crippen LogP) is 11.7. The molecule has 0 amide bonds. The molecule has 0 bridgehead atoms. The fraction of sp³-hybridized carbons (Fsp3) is 0.143. The van der Waals surface area contributed by atoms with Crippen LogP contribution in [0.2, 0.25) is 0 Å². The van der Waals surface area contributed by atoms with Gasteiger partial charge in [0.1, 0.15) is 5.75 Å². The zero-order valence-corrected chi connectivity index (χ0v) is 28.4. The van der Waals surface area contributed by atoms with Crippen molar-refractivity contribution in [2.45, 2.75) is 36.7 Å². The van der Waals surface area contributed by atoms with Crippen LogP contribution in [0.1, 0.15) is 62.8 Å². The van der Waals surface area contributed by atoms with Crippen molar-refractivity contribution in [2.24, 2.45) is 0 Å². The van der Waals surface area contributed by atoms with Crippen LogP contribution in [0.4, 0.5) is 11.4 Å². The van der Waals surface area contributed by atoms with E-state index in [9.17, 15) is 0 Å². The van der Waals surface area contributed by atoms with Gasteiger partial charge < -0.3 is 9.64 Å². The Morgan fingerprint density at radius 3 is 2.14 bits per heavy atom. The lowest BCUT2D eigenvalue weighted by molar-refractivity contribution is 0.163. The predicted molar refractivity (Wildman–Crippen MR) is 209 cm³/mol. The normalized spacial score (nSPS) is 20.7. The third-order valence-electron chi connectivity index (χ3n) is 12.1. The van der Waals surface area contributed by atoms with E-state index >= 15 is 0 Å². The number of anilines is 2. The Kier molecular flexibility index (Phi) is 6.28. The Hall–Kier alpha value is -5.86. The Bertz CT molecular complexity index is 2530. The zero-order valence-electron chi connectivity index (χ0n) is 28.4. The van der Waals surface area contributed by atoms with Crippen molar-refractivity contribution in [2.75, 3.05) is 11.4 Å². The Labute approximate surface area is 299 Å². The number of aryl methyl sites for hydroxylation is 1. The van der Waals surface area contributed by atoms with E-state index in [1.54, 1.807) is 0 Å². The van der Waals surface area contributed by atoms with Gasteiger partial charge in [-0.25, -0.2) is 0 Å². The first-order chi connectivity index (χ1) is 25.3. The van der Waals surface area contributed by atoms with Gasteiger partial charge in [0.05, 0.1) is 0 Å². The fourth-order valence-electron chi connectivity index (χ4n) is 9.89. The highest BCUT2D eigenvalue weighted by molar-refractivity contribution is 6.07. The third kappa shape index (κ3) is 4.17. The van der Waals surface area contributed by atoms with E-state index in [1.165, 1.54) is 66.7 Å². The summed E-state index contributed by atoms with van der Waals surface area (Å²) < 4.78 is 7.65. The monoisotopic (exact) mass is 655 g/mol. The van der Waals surface area contributed by atoms with Crippen molar-refractivity contribution < 1.29 is 4.74 Å². The van der Waals surface area contributed by atoms with Gasteiger partial charge >= 0.3 is 0 Å². The molecule has 0 saturated carbocycles. The smallest absolute Gasteiger partial charge is 0.178 e. The van der Waals surface area contributed by atoms with Crippen molar-refractivity contribution >= 4 is 28.2 Å². The molecule has 2 nitrogen and oxygen atoms in total. The summed E-state index contributed by atoms with van der Waals surface area (Å²) in [5.74, 6) is 1.67. The minimum absolute atomic E-state index is 0.262. The van der Waals surface area contributed by atoms with E-state index in [1.807, 2.05) is 0 Å². The summed E-state index contributed by atoms with van der Waals surface area (Å²) in [5.41, 5.74) is 15.2. The van der Waals surface area contributed by atoms with Crippen molar-refractivity contribution in [3.63, 3.8) is 0 Å². The molecule has 2 heteroatoms. The van der Waals surface area contributed by atoms with Gasteiger partial charge in [0, 0.05) is 45.9 Å². The molecule has 51 heavy (non-hydrogen) atoms. The molecule has 0 N–H and O–H groups in total. The molecule has 11 rings (SSSR count). The van der Waals surface area contributed by atoms with Crippen LogP contribution in [0, 0.1) is 0 Å². The SMILES string of the molecule is C1=CC(c2ccccc2)(c2ccc(N3CCc4ccccc43)cc2)Oc2c1c1c(c3ccccc23)-c2ccccc2C2CCc3ccccc3C12. The lowest BCUT2D eigenvalue weighted by atomic mass is 9.61. The van der Waals surface area contributed by atoms with E-state index in [4.69, 9.17) is 4.74 Å². The minimum atomic E-state index is -0.789. The fourth-order valence-corrected chi connectivity index (χ4v) is 9.89. The largest absolute Gasteiger partial charge is 0.472 e. The number of fused-ring (bicyclic) bond motifs is 14. The standard InChI is InChI=1S/C49H37NO/c1-2-14-34(15-3-1)49(35-23-25-36(26-24-35)50-31-29-33-13-5-11-21-44(33)50)30-28-43-47-45-37-16-6-4-12-32(37)22-27-41(45)38-17-7-8-18-39(38)46(47)40-19-9-10-20-42(40)48(43)51-49/h1-21,23-26,28,30,41,45H,22,27,29,31H2. The number of rotatable bonds is 3. The van der Waals surface area contributed by atoms with Gasteiger partial charge in [-0.2, -0.15) is 0 Å². The van der Waals surface area contributed by atoms with Crippen LogP contribution in [0.15, 0.2) is 158 Å². The molecule has 3 atom stereocenters. The lowest BCUT2D eigenvalue weighted by Crippen LogP contribution is -2.35. The maximum absolute atomic E-state index is 7.65. The van der Waals surface area contributed by atoms with Crippen LogP contribution in [0.25, 0.3) is 28.0 Å². The molecular formula is C49H37NO. The molecule has 7 aromatic rings. The van der Waals surface area contributed by atoms with Crippen molar-refractivity contribution in [1.82, 2.24) is 0 Å². The van der Waals surface area contributed by atoms with Gasteiger partial charge in [0.25, 0.3) is 0 Å². The average molecular weight is 656 g/mol. The third-order valence-corrected chi connectivity index (χ3v) is 12.1. The number of nitrogens with zero attached hydrogens (tertiary/aromatic N) is 1. The molecule has 244 valence electrons. The van der Waals surface area contributed by atoms with Crippen LogP contribution in [-0.2, 0) is 18.4 Å². The molecular weight excluding hydrogens is 619 g/mol. The second-order valence-electron chi connectivity index (χ2n) is 14.6. The highest BCUT2D eigenvalue weighted by Crippen LogP contribution is 2.60. The van der Waals surface area contributed by atoms with E-state index < -0.39 is 5.60 Å². The minimum Gasteiger partial charge on any atom is -0.472 e. The summed E-state index contributed by atoms with van der Waals surface area (Å²) in [6.45, 7) is 0.998.